The largest absolute Gasteiger partial charge is 0.311 e. The van der Waals surface area contributed by atoms with Gasteiger partial charge in [-0.15, -0.1) is 0 Å². The Labute approximate surface area is 98.7 Å². The van der Waals surface area contributed by atoms with Gasteiger partial charge >= 0.3 is 0 Å². The van der Waals surface area contributed by atoms with Crippen molar-refractivity contribution in [3.05, 3.63) is 35.9 Å². The minimum atomic E-state index is 0.650. The maximum Gasteiger partial charge on any atom is 0.0234 e. The highest BCUT2D eigenvalue weighted by atomic mass is 15.2. The molecule has 16 heavy (non-hydrogen) atoms. The molecule has 1 aromatic rings. The molecular formula is C14H22N2. The van der Waals surface area contributed by atoms with Gasteiger partial charge in [-0.25, -0.2) is 0 Å². The van der Waals surface area contributed by atoms with E-state index in [9.17, 15) is 0 Å². The summed E-state index contributed by atoms with van der Waals surface area (Å²) in [7, 11) is 0. The van der Waals surface area contributed by atoms with E-state index < -0.39 is 0 Å². The van der Waals surface area contributed by atoms with E-state index in [1.54, 1.807) is 0 Å². The standard InChI is InChI=1S/C14H22N2/c1-12(2)14-11-16(9-8-15-14)10-13-6-4-3-5-7-13/h3-7,12,14-15H,8-11H2,1-2H3. The molecule has 2 heteroatoms. The Kier molecular flexibility index (Phi) is 3.97. The molecule has 0 aliphatic carbocycles. The predicted octanol–water partition coefficient (Wildman–Crippen LogP) is 2.12. The van der Waals surface area contributed by atoms with E-state index in [1.807, 2.05) is 0 Å². The van der Waals surface area contributed by atoms with Crippen molar-refractivity contribution in [2.45, 2.75) is 26.4 Å². The van der Waals surface area contributed by atoms with Gasteiger partial charge in [-0.05, 0) is 11.5 Å². The van der Waals surface area contributed by atoms with Crippen molar-refractivity contribution < 1.29 is 0 Å². The molecule has 0 spiro atoms. The van der Waals surface area contributed by atoms with E-state index in [2.05, 4.69) is 54.4 Å². The minimum absolute atomic E-state index is 0.650. The number of nitrogens with one attached hydrogen (secondary N) is 1. The van der Waals surface area contributed by atoms with Crippen LogP contribution >= 0.6 is 0 Å². The van der Waals surface area contributed by atoms with E-state index in [4.69, 9.17) is 0 Å². The fourth-order valence-corrected chi connectivity index (χ4v) is 2.27. The summed E-state index contributed by atoms with van der Waals surface area (Å²) in [5.74, 6) is 0.721. The van der Waals surface area contributed by atoms with Gasteiger partial charge in [0.1, 0.15) is 0 Å². The fourth-order valence-electron chi connectivity index (χ4n) is 2.27. The molecule has 2 rings (SSSR count). The maximum atomic E-state index is 3.59. The molecule has 0 bridgehead atoms. The highest BCUT2D eigenvalue weighted by molar-refractivity contribution is 5.14. The number of hydrogen-bond acceptors (Lipinski definition) is 2. The molecule has 1 N–H and O–H groups in total. The third-order valence-electron chi connectivity index (χ3n) is 3.34. The van der Waals surface area contributed by atoms with Gasteiger partial charge in [-0.2, -0.15) is 0 Å². The summed E-state index contributed by atoms with van der Waals surface area (Å²) in [6.07, 6.45) is 0. The van der Waals surface area contributed by atoms with Crippen molar-refractivity contribution in [2.75, 3.05) is 19.6 Å². The first-order valence-corrected chi connectivity index (χ1v) is 6.25. The lowest BCUT2D eigenvalue weighted by Gasteiger charge is -2.35. The molecule has 1 aromatic carbocycles. The number of rotatable bonds is 3. The summed E-state index contributed by atoms with van der Waals surface area (Å²) in [6.45, 7) is 9.14. The quantitative estimate of drug-likeness (QED) is 0.836. The van der Waals surface area contributed by atoms with Crippen LogP contribution in [0.1, 0.15) is 19.4 Å². The molecule has 1 unspecified atom stereocenters. The molecule has 0 amide bonds. The first-order valence-electron chi connectivity index (χ1n) is 6.25. The number of hydrogen-bond donors (Lipinski definition) is 1. The molecule has 1 saturated heterocycles. The monoisotopic (exact) mass is 218 g/mol. The molecular weight excluding hydrogens is 196 g/mol. The lowest BCUT2D eigenvalue weighted by atomic mass is 10.0. The van der Waals surface area contributed by atoms with Gasteiger partial charge in [0.05, 0.1) is 0 Å². The maximum absolute atomic E-state index is 3.59. The van der Waals surface area contributed by atoms with E-state index in [-0.39, 0.29) is 0 Å². The van der Waals surface area contributed by atoms with Gasteiger partial charge in [0, 0.05) is 32.2 Å². The minimum Gasteiger partial charge on any atom is -0.311 e. The summed E-state index contributed by atoms with van der Waals surface area (Å²) in [4.78, 5) is 2.55. The number of nitrogens with zero attached hydrogens (tertiary/aromatic N) is 1. The summed E-state index contributed by atoms with van der Waals surface area (Å²) < 4.78 is 0. The van der Waals surface area contributed by atoms with Gasteiger partial charge in [0.2, 0.25) is 0 Å². The van der Waals surface area contributed by atoms with Crippen LogP contribution in [0.25, 0.3) is 0 Å². The van der Waals surface area contributed by atoms with Crippen molar-refractivity contribution in [2.24, 2.45) is 5.92 Å². The zero-order valence-electron chi connectivity index (χ0n) is 10.3. The predicted molar refractivity (Wildman–Crippen MR) is 68.3 cm³/mol. The normalized spacial score (nSPS) is 22.6. The van der Waals surface area contributed by atoms with Crippen LogP contribution in [0.15, 0.2) is 30.3 Å². The topological polar surface area (TPSA) is 15.3 Å². The Balaban J connectivity index is 1.90. The van der Waals surface area contributed by atoms with Crippen molar-refractivity contribution in [1.82, 2.24) is 10.2 Å². The molecule has 0 aromatic heterocycles. The van der Waals surface area contributed by atoms with Crippen molar-refractivity contribution in [1.29, 1.82) is 0 Å². The first kappa shape index (κ1) is 11.6. The SMILES string of the molecule is CC(C)C1CN(Cc2ccccc2)CCN1. The molecule has 1 heterocycles. The first-order chi connectivity index (χ1) is 7.75. The molecule has 88 valence electrons. The van der Waals surface area contributed by atoms with Crippen LogP contribution in [0.5, 0.6) is 0 Å². The molecule has 0 radical (unpaired) electrons. The van der Waals surface area contributed by atoms with Crippen molar-refractivity contribution in [3.63, 3.8) is 0 Å². The van der Waals surface area contributed by atoms with Crippen LogP contribution in [-0.2, 0) is 6.54 Å². The van der Waals surface area contributed by atoms with Crippen LogP contribution in [0.2, 0.25) is 0 Å². The smallest absolute Gasteiger partial charge is 0.0234 e. The molecule has 1 aliphatic rings. The zero-order valence-corrected chi connectivity index (χ0v) is 10.3. The highest BCUT2D eigenvalue weighted by Crippen LogP contribution is 2.11. The molecule has 1 atom stereocenters. The van der Waals surface area contributed by atoms with Crippen LogP contribution in [0.3, 0.4) is 0 Å². The van der Waals surface area contributed by atoms with Gasteiger partial charge in [0.25, 0.3) is 0 Å². The fraction of sp³-hybridized carbons (Fsp3) is 0.571. The van der Waals surface area contributed by atoms with Gasteiger partial charge in [-0.1, -0.05) is 44.2 Å². The lowest BCUT2D eigenvalue weighted by molar-refractivity contribution is 0.168. The molecule has 1 fully saturated rings. The Morgan fingerprint density at radius 1 is 1.31 bits per heavy atom. The molecule has 1 aliphatic heterocycles. The van der Waals surface area contributed by atoms with E-state index in [0.29, 0.717) is 6.04 Å². The number of piperazine rings is 1. The van der Waals surface area contributed by atoms with E-state index >= 15 is 0 Å². The summed E-state index contributed by atoms with van der Waals surface area (Å²) in [5, 5.41) is 3.59. The Morgan fingerprint density at radius 3 is 2.75 bits per heavy atom. The third-order valence-corrected chi connectivity index (χ3v) is 3.34. The van der Waals surface area contributed by atoms with Crippen LogP contribution in [0, 0.1) is 5.92 Å². The second-order valence-corrected chi connectivity index (χ2v) is 5.03. The summed E-state index contributed by atoms with van der Waals surface area (Å²) in [6, 6.07) is 11.4. The zero-order chi connectivity index (χ0) is 11.4. The summed E-state index contributed by atoms with van der Waals surface area (Å²) >= 11 is 0. The van der Waals surface area contributed by atoms with Crippen molar-refractivity contribution >= 4 is 0 Å². The Bertz CT molecular complexity index is 308. The second-order valence-electron chi connectivity index (χ2n) is 5.03. The third kappa shape index (κ3) is 3.06. The molecule has 0 saturated carbocycles. The van der Waals surface area contributed by atoms with E-state index in [1.165, 1.54) is 12.1 Å². The van der Waals surface area contributed by atoms with Gasteiger partial charge in [0.15, 0.2) is 0 Å². The highest BCUT2D eigenvalue weighted by Gasteiger charge is 2.21. The van der Waals surface area contributed by atoms with Crippen LogP contribution in [-0.4, -0.2) is 30.6 Å². The average molecular weight is 218 g/mol. The van der Waals surface area contributed by atoms with Crippen LogP contribution < -0.4 is 5.32 Å². The Hall–Kier alpha value is -0.860. The second kappa shape index (κ2) is 5.46. The summed E-state index contributed by atoms with van der Waals surface area (Å²) in [5.41, 5.74) is 1.42. The van der Waals surface area contributed by atoms with Gasteiger partial charge in [-0.3, -0.25) is 4.90 Å². The average Bonchev–Trinajstić information content (AvgIpc) is 2.30. The number of benzene rings is 1. The molecule has 2 nitrogen and oxygen atoms in total. The lowest BCUT2D eigenvalue weighted by Crippen LogP contribution is -2.52. The van der Waals surface area contributed by atoms with E-state index in [0.717, 1.165) is 25.6 Å². The Morgan fingerprint density at radius 2 is 2.06 bits per heavy atom. The van der Waals surface area contributed by atoms with Crippen LogP contribution in [0.4, 0.5) is 0 Å². The van der Waals surface area contributed by atoms with Crippen molar-refractivity contribution in [3.8, 4) is 0 Å². The van der Waals surface area contributed by atoms with Gasteiger partial charge < -0.3 is 5.32 Å².